The third-order valence-corrected chi connectivity index (χ3v) is 1.89. The number of amides is 1. The fourth-order valence-electron chi connectivity index (χ4n) is 1.17. The van der Waals surface area contributed by atoms with Gasteiger partial charge >= 0.3 is 0 Å². The molecule has 1 aromatic rings. The lowest BCUT2D eigenvalue weighted by Crippen LogP contribution is -2.22. The van der Waals surface area contributed by atoms with Gasteiger partial charge in [-0.2, -0.15) is 0 Å². The van der Waals surface area contributed by atoms with Gasteiger partial charge < -0.3 is 10.6 Å². The van der Waals surface area contributed by atoms with Crippen LogP contribution in [0.5, 0.6) is 0 Å². The zero-order valence-corrected chi connectivity index (χ0v) is 8.95. The number of rotatable bonds is 1. The van der Waals surface area contributed by atoms with Gasteiger partial charge in [-0.15, -0.1) is 0 Å². The molecule has 0 unspecified atom stereocenters. The maximum absolute atomic E-state index is 11.8. The van der Waals surface area contributed by atoms with Gasteiger partial charge in [-0.3, -0.25) is 4.79 Å². The summed E-state index contributed by atoms with van der Waals surface area (Å²) in [5.41, 5.74) is 6.63. The van der Waals surface area contributed by atoms with Gasteiger partial charge in [-0.1, -0.05) is 24.0 Å². The van der Waals surface area contributed by atoms with E-state index in [0.29, 0.717) is 12.1 Å². The molecule has 1 rings (SSSR count). The summed E-state index contributed by atoms with van der Waals surface area (Å²) < 4.78 is 0. The summed E-state index contributed by atoms with van der Waals surface area (Å²) in [4.78, 5) is 13.3. The van der Waals surface area contributed by atoms with Crippen LogP contribution in [-0.4, -0.2) is 31.4 Å². The Balaban J connectivity index is 3.12. The van der Waals surface area contributed by atoms with Gasteiger partial charge in [0.1, 0.15) is 0 Å². The third kappa shape index (κ3) is 2.83. The van der Waals surface area contributed by atoms with Crippen LogP contribution in [0.4, 0.5) is 0 Å². The van der Waals surface area contributed by atoms with E-state index in [1.165, 1.54) is 4.90 Å². The van der Waals surface area contributed by atoms with Crippen molar-refractivity contribution in [2.75, 3.05) is 20.6 Å². The quantitative estimate of drug-likeness (QED) is 0.681. The fraction of sp³-hybridized carbons (Fsp3) is 0.250. The molecule has 78 valence electrons. The number of carbonyl (C=O) groups excluding carboxylic acids is 1. The van der Waals surface area contributed by atoms with Crippen molar-refractivity contribution >= 4 is 5.91 Å². The summed E-state index contributed by atoms with van der Waals surface area (Å²) in [7, 11) is 3.44. The maximum Gasteiger partial charge on any atom is 0.254 e. The number of hydrogen-bond donors (Lipinski definition) is 1. The molecule has 0 aliphatic heterocycles. The van der Waals surface area contributed by atoms with Crippen molar-refractivity contribution in [2.24, 2.45) is 5.73 Å². The Labute approximate surface area is 89.9 Å². The second-order valence-electron chi connectivity index (χ2n) is 3.25. The molecule has 0 aliphatic rings. The summed E-state index contributed by atoms with van der Waals surface area (Å²) >= 11 is 0. The molecule has 0 atom stereocenters. The molecule has 0 bridgehead atoms. The first-order chi connectivity index (χ1) is 7.16. The molecule has 15 heavy (non-hydrogen) atoms. The lowest BCUT2D eigenvalue weighted by molar-refractivity contribution is 0.0827. The van der Waals surface area contributed by atoms with E-state index in [2.05, 4.69) is 11.8 Å². The van der Waals surface area contributed by atoms with Crippen LogP contribution in [0, 0.1) is 11.8 Å². The summed E-state index contributed by atoms with van der Waals surface area (Å²) in [6.07, 6.45) is 0. The van der Waals surface area contributed by atoms with Crippen molar-refractivity contribution in [3.8, 4) is 11.8 Å². The topological polar surface area (TPSA) is 46.3 Å². The lowest BCUT2D eigenvalue weighted by Gasteiger charge is -2.11. The maximum atomic E-state index is 11.8. The molecule has 0 fully saturated rings. The number of hydrogen-bond acceptors (Lipinski definition) is 2. The highest BCUT2D eigenvalue weighted by Crippen LogP contribution is 2.09. The van der Waals surface area contributed by atoms with Crippen molar-refractivity contribution in [2.45, 2.75) is 0 Å². The Bertz CT molecular complexity index is 413. The standard InChI is InChI=1S/C12H14N2O/c1-14(2)12(15)11-8-4-3-6-10(11)7-5-9-13/h3-4,6,8H,9,13H2,1-2H3. The van der Waals surface area contributed by atoms with Gasteiger partial charge in [0.2, 0.25) is 0 Å². The zero-order chi connectivity index (χ0) is 11.3. The van der Waals surface area contributed by atoms with E-state index in [9.17, 15) is 4.79 Å². The zero-order valence-electron chi connectivity index (χ0n) is 8.95. The average Bonchev–Trinajstić information content (AvgIpc) is 2.25. The number of carbonyl (C=O) groups is 1. The summed E-state index contributed by atoms with van der Waals surface area (Å²) in [6.45, 7) is 0.296. The predicted octanol–water partition coefficient (Wildman–Crippen LogP) is 0.699. The molecule has 0 saturated carbocycles. The van der Waals surface area contributed by atoms with E-state index in [1.54, 1.807) is 20.2 Å². The van der Waals surface area contributed by atoms with Gasteiger partial charge in [-0.05, 0) is 12.1 Å². The normalized spacial score (nSPS) is 9.00. The molecular weight excluding hydrogens is 188 g/mol. The molecule has 1 aromatic carbocycles. The Hall–Kier alpha value is -1.79. The smallest absolute Gasteiger partial charge is 0.254 e. The second kappa shape index (κ2) is 5.18. The van der Waals surface area contributed by atoms with Crippen LogP contribution < -0.4 is 5.73 Å². The van der Waals surface area contributed by atoms with E-state index in [0.717, 1.165) is 5.56 Å². The summed E-state index contributed by atoms with van der Waals surface area (Å²) in [5, 5.41) is 0. The van der Waals surface area contributed by atoms with E-state index in [4.69, 9.17) is 5.73 Å². The van der Waals surface area contributed by atoms with Gasteiger partial charge in [0, 0.05) is 19.7 Å². The molecule has 0 spiro atoms. The minimum atomic E-state index is -0.0445. The molecule has 0 heterocycles. The molecule has 1 amide bonds. The first-order valence-electron chi connectivity index (χ1n) is 4.66. The average molecular weight is 202 g/mol. The number of benzene rings is 1. The third-order valence-electron chi connectivity index (χ3n) is 1.89. The molecule has 0 saturated heterocycles. The van der Waals surface area contributed by atoms with Crippen LogP contribution in [-0.2, 0) is 0 Å². The highest BCUT2D eigenvalue weighted by atomic mass is 16.2. The Morgan fingerprint density at radius 1 is 1.40 bits per heavy atom. The lowest BCUT2D eigenvalue weighted by atomic mass is 10.1. The van der Waals surface area contributed by atoms with E-state index >= 15 is 0 Å². The first-order valence-corrected chi connectivity index (χ1v) is 4.66. The van der Waals surface area contributed by atoms with Crippen molar-refractivity contribution in [3.63, 3.8) is 0 Å². The molecular formula is C12H14N2O. The second-order valence-corrected chi connectivity index (χ2v) is 3.25. The number of nitrogens with two attached hydrogens (primary N) is 1. The van der Waals surface area contributed by atoms with Crippen molar-refractivity contribution in [1.29, 1.82) is 0 Å². The number of nitrogens with zero attached hydrogens (tertiary/aromatic N) is 1. The van der Waals surface area contributed by atoms with Crippen LogP contribution >= 0.6 is 0 Å². The summed E-state index contributed by atoms with van der Waals surface area (Å²) in [5.74, 6) is 5.59. The molecule has 3 heteroatoms. The Morgan fingerprint density at radius 3 is 2.67 bits per heavy atom. The Kier molecular flexibility index (Phi) is 3.90. The minimum absolute atomic E-state index is 0.0445. The van der Waals surface area contributed by atoms with Crippen LogP contribution in [0.3, 0.4) is 0 Å². The van der Waals surface area contributed by atoms with Gasteiger partial charge in [-0.25, -0.2) is 0 Å². The van der Waals surface area contributed by atoms with Crippen LogP contribution in [0.2, 0.25) is 0 Å². The monoisotopic (exact) mass is 202 g/mol. The Morgan fingerprint density at radius 2 is 2.07 bits per heavy atom. The van der Waals surface area contributed by atoms with Crippen molar-refractivity contribution in [1.82, 2.24) is 4.90 Å². The van der Waals surface area contributed by atoms with E-state index in [-0.39, 0.29) is 5.91 Å². The van der Waals surface area contributed by atoms with Crippen molar-refractivity contribution in [3.05, 3.63) is 35.4 Å². The molecule has 0 radical (unpaired) electrons. The molecule has 3 nitrogen and oxygen atoms in total. The van der Waals surface area contributed by atoms with E-state index in [1.807, 2.05) is 18.2 Å². The molecule has 0 aliphatic carbocycles. The SMILES string of the molecule is CN(C)C(=O)c1ccccc1C#CCN. The molecule has 2 N–H and O–H groups in total. The highest BCUT2D eigenvalue weighted by Gasteiger charge is 2.10. The van der Waals surface area contributed by atoms with Crippen LogP contribution in [0.1, 0.15) is 15.9 Å². The van der Waals surface area contributed by atoms with Gasteiger partial charge in [0.25, 0.3) is 5.91 Å². The summed E-state index contributed by atoms with van der Waals surface area (Å²) in [6, 6.07) is 7.26. The van der Waals surface area contributed by atoms with Gasteiger partial charge in [0.05, 0.1) is 12.1 Å². The first kappa shape index (κ1) is 11.3. The molecule has 0 aromatic heterocycles. The predicted molar refractivity (Wildman–Crippen MR) is 60.4 cm³/mol. The van der Waals surface area contributed by atoms with Crippen LogP contribution in [0.25, 0.3) is 0 Å². The van der Waals surface area contributed by atoms with Gasteiger partial charge in [0.15, 0.2) is 0 Å². The van der Waals surface area contributed by atoms with Crippen LogP contribution in [0.15, 0.2) is 24.3 Å². The largest absolute Gasteiger partial charge is 0.345 e. The highest BCUT2D eigenvalue weighted by molar-refractivity contribution is 5.96. The van der Waals surface area contributed by atoms with Crippen molar-refractivity contribution < 1.29 is 4.79 Å². The minimum Gasteiger partial charge on any atom is -0.345 e. The van der Waals surface area contributed by atoms with E-state index < -0.39 is 0 Å². The fourth-order valence-corrected chi connectivity index (χ4v) is 1.17.